The fraction of sp³-hybridized carbons (Fsp3) is 0.486. The molecule has 4 aliphatic rings. The van der Waals surface area contributed by atoms with E-state index in [0.717, 1.165) is 5.69 Å². The standard InChI is InChI=1S/C37H43FN6O7S2/c1-21(2)26-20-52-32(40-26)25-17-29(24-11-12-28(50-5)30(38)31(24)39-25)51-23-16-27-33(45)43(4)15-9-7-6-8-10-22-18-37(22,41-35(47)44(27)19-23)34(46)42-53(48,49)36(3)13-14-36/h8-12,15,17,20-23,27H,6-7,13-14,16,18-19H2,1-5H3,(H,41,47)(H,42,46)/b10-8-,15-9-/t22-,23+,27+,37-/m1/s1. The molecule has 2 aromatic heterocycles. The molecule has 4 heterocycles. The summed E-state index contributed by atoms with van der Waals surface area (Å²) in [6.45, 7) is 5.58. The van der Waals surface area contributed by atoms with E-state index in [1.807, 2.05) is 37.5 Å². The molecule has 2 aliphatic carbocycles. The molecule has 4 atom stereocenters. The van der Waals surface area contributed by atoms with Gasteiger partial charge in [-0.25, -0.2) is 27.6 Å². The third kappa shape index (κ3) is 6.86. The number of urea groups is 1. The molecule has 13 nitrogen and oxygen atoms in total. The highest BCUT2D eigenvalue weighted by atomic mass is 32.2. The summed E-state index contributed by atoms with van der Waals surface area (Å²) in [4.78, 5) is 53.9. The van der Waals surface area contributed by atoms with Crippen LogP contribution in [0, 0.1) is 11.7 Å². The number of halogens is 1. The molecular weight excluding hydrogens is 724 g/mol. The molecule has 3 aromatic rings. The Morgan fingerprint density at radius 2 is 1.91 bits per heavy atom. The molecule has 1 aromatic carbocycles. The summed E-state index contributed by atoms with van der Waals surface area (Å²) in [5, 5.41) is 5.70. The molecular formula is C37H43FN6O7S2. The van der Waals surface area contributed by atoms with Crippen molar-refractivity contribution in [2.24, 2.45) is 5.92 Å². The fourth-order valence-electron chi connectivity index (χ4n) is 6.78. The SMILES string of the molecule is COc1ccc2c(O[C@H]3C[C@H]4C(=O)N(C)/C=C\CC/C=C\[C@@H]5C[C@@]5(C(=O)NS(=O)(=O)C5(C)CC5)NC(=O)N4C3)cc(-c3nc(C(C)C)cs3)nc2c1F. The van der Waals surface area contributed by atoms with Crippen LogP contribution in [0.5, 0.6) is 11.5 Å². The summed E-state index contributed by atoms with van der Waals surface area (Å²) in [5.74, 6) is -1.82. The van der Waals surface area contributed by atoms with E-state index in [2.05, 4.69) is 15.0 Å². The number of fused-ring (bicyclic) bond motifs is 3. The molecule has 2 N–H and O–H groups in total. The number of nitrogens with zero attached hydrogens (tertiary/aromatic N) is 4. The second-order valence-corrected chi connectivity index (χ2v) is 17.9. The van der Waals surface area contributed by atoms with Gasteiger partial charge in [0.05, 0.1) is 24.1 Å². The number of methoxy groups -OCH3 is 1. The zero-order valence-electron chi connectivity index (χ0n) is 30.2. The number of sulfonamides is 1. The van der Waals surface area contributed by atoms with Crippen molar-refractivity contribution in [1.29, 1.82) is 0 Å². The number of benzene rings is 1. The number of amides is 4. The lowest BCUT2D eigenvalue weighted by Gasteiger charge is -2.29. The predicted octanol–water partition coefficient (Wildman–Crippen LogP) is 5.24. The molecule has 0 bridgehead atoms. The van der Waals surface area contributed by atoms with E-state index in [9.17, 15) is 22.8 Å². The minimum absolute atomic E-state index is 0.00904. The number of aromatic nitrogens is 2. The number of carbonyl (C=O) groups excluding carboxylic acids is 3. The van der Waals surface area contributed by atoms with Gasteiger partial charge in [0.25, 0.3) is 5.91 Å². The Kier molecular flexibility index (Phi) is 9.50. The summed E-state index contributed by atoms with van der Waals surface area (Å²) >= 11 is 1.38. The van der Waals surface area contributed by atoms with Crippen molar-refractivity contribution in [2.75, 3.05) is 20.7 Å². The van der Waals surface area contributed by atoms with E-state index in [4.69, 9.17) is 14.5 Å². The molecule has 2 aliphatic heterocycles. The lowest BCUT2D eigenvalue weighted by molar-refractivity contribution is -0.131. The van der Waals surface area contributed by atoms with E-state index in [1.54, 1.807) is 32.3 Å². The smallest absolute Gasteiger partial charge is 0.319 e. The lowest BCUT2D eigenvalue weighted by Crippen LogP contribution is -2.58. The van der Waals surface area contributed by atoms with Crippen molar-refractivity contribution in [3.8, 4) is 22.2 Å². The topological polar surface area (TPSA) is 160 Å². The lowest BCUT2D eigenvalue weighted by atomic mass is 10.1. The zero-order chi connectivity index (χ0) is 37.9. The Bertz CT molecular complexity index is 2150. The van der Waals surface area contributed by atoms with Crippen molar-refractivity contribution >= 4 is 50.1 Å². The highest BCUT2D eigenvalue weighted by Crippen LogP contribution is 2.47. The number of nitrogens with one attached hydrogen (secondary N) is 2. The van der Waals surface area contributed by atoms with Gasteiger partial charge in [-0.1, -0.05) is 32.1 Å². The molecule has 0 radical (unpaired) electrons. The maximum atomic E-state index is 15.7. The van der Waals surface area contributed by atoms with E-state index in [0.29, 0.717) is 41.8 Å². The quantitative estimate of drug-likeness (QED) is 0.293. The number of rotatable bonds is 8. The number of likely N-dealkylation sites (N-methyl/N-ethyl adjacent to an activating group) is 1. The van der Waals surface area contributed by atoms with Gasteiger partial charge >= 0.3 is 6.03 Å². The first-order valence-electron chi connectivity index (χ1n) is 17.7. The van der Waals surface area contributed by atoms with Crippen LogP contribution in [0.4, 0.5) is 9.18 Å². The van der Waals surface area contributed by atoms with Gasteiger partial charge in [0.1, 0.15) is 39.7 Å². The molecule has 16 heteroatoms. The van der Waals surface area contributed by atoms with Crippen LogP contribution in [0.2, 0.25) is 0 Å². The molecule has 0 unspecified atom stereocenters. The van der Waals surface area contributed by atoms with Crippen molar-refractivity contribution in [2.45, 2.75) is 87.6 Å². The minimum Gasteiger partial charge on any atom is -0.494 e. The van der Waals surface area contributed by atoms with Crippen LogP contribution in [-0.4, -0.2) is 89.2 Å². The summed E-state index contributed by atoms with van der Waals surface area (Å²) in [6.07, 6.45) is 8.93. The molecule has 282 valence electrons. The molecule has 1 saturated heterocycles. The zero-order valence-corrected chi connectivity index (χ0v) is 31.9. The van der Waals surface area contributed by atoms with Gasteiger partial charge in [0, 0.05) is 42.4 Å². The van der Waals surface area contributed by atoms with Crippen LogP contribution in [0.3, 0.4) is 0 Å². The van der Waals surface area contributed by atoms with Gasteiger partial charge < -0.3 is 24.6 Å². The van der Waals surface area contributed by atoms with Crippen molar-refractivity contribution in [1.82, 2.24) is 29.8 Å². The largest absolute Gasteiger partial charge is 0.494 e. The molecule has 0 spiro atoms. The Morgan fingerprint density at radius 3 is 2.60 bits per heavy atom. The Labute approximate surface area is 311 Å². The third-order valence-corrected chi connectivity index (χ3v) is 13.7. The fourth-order valence-corrected chi connectivity index (χ4v) is 9.04. The molecule has 3 fully saturated rings. The number of allylic oxidation sites excluding steroid dienone is 2. The average Bonchev–Trinajstić information content (AvgIpc) is 3.89. The molecule has 4 amide bonds. The normalized spacial score (nSPS) is 26.7. The van der Waals surface area contributed by atoms with Crippen LogP contribution < -0.4 is 19.5 Å². The van der Waals surface area contributed by atoms with E-state index >= 15 is 4.39 Å². The number of ether oxygens (including phenoxy) is 2. The summed E-state index contributed by atoms with van der Waals surface area (Å²) in [6, 6.07) is 3.12. The summed E-state index contributed by atoms with van der Waals surface area (Å²) < 4.78 is 54.9. The number of hydrogen-bond donors (Lipinski definition) is 2. The van der Waals surface area contributed by atoms with Gasteiger partial charge in [-0.15, -0.1) is 11.3 Å². The van der Waals surface area contributed by atoms with E-state index in [-0.39, 0.29) is 48.2 Å². The van der Waals surface area contributed by atoms with Gasteiger partial charge in [-0.05, 0) is 57.1 Å². The highest BCUT2D eigenvalue weighted by Gasteiger charge is 2.63. The third-order valence-electron chi connectivity index (χ3n) is 10.6. The second kappa shape index (κ2) is 13.7. The van der Waals surface area contributed by atoms with Crippen LogP contribution in [0.25, 0.3) is 21.6 Å². The first kappa shape index (κ1) is 36.8. The number of pyridine rings is 1. The first-order valence-corrected chi connectivity index (χ1v) is 20.1. The van der Waals surface area contributed by atoms with Crippen molar-refractivity contribution in [3.63, 3.8) is 0 Å². The minimum atomic E-state index is -3.98. The molecule has 53 heavy (non-hydrogen) atoms. The average molecular weight is 767 g/mol. The van der Waals surface area contributed by atoms with Gasteiger partial charge in [-0.2, -0.15) is 0 Å². The number of carbonyl (C=O) groups is 3. The van der Waals surface area contributed by atoms with E-state index < -0.39 is 56.1 Å². The maximum absolute atomic E-state index is 15.7. The number of hydrogen-bond acceptors (Lipinski definition) is 10. The maximum Gasteiger partial charge on any atom is 0.319 e. The summed E-state index contributed by atoms with van der Waals surface area (Å²) in [5.41, 5.74) is -0.237. The van der Waals surface area contributed by atoms with Gasteiger partial charge in [0.2, 0.25) is 15.9 Å². The monoisotopic (exact) mass is 766 g/mol. The Morgan fingerprint density at radius 1 is 1.15 bits per heavy atom. The van der Waals surface area contributed by atoms with Crippen LogP contribution in [0.1, 0.15) is 70.9 Å². The first-order chi connectivity index (χ1) is 25.2. The van der Waals surface area contributed by atoms with Gasteiger partial charge in [0.15, 0.2) is 11.6 Å². The Hall–Kier alpha value is -4.57. The van der Waals surface area contributed by atoms with Crippen LogP contribution in [-0.2, 0) is 19.6 Å². The number of thiazole rings is 1. The van der Waals surface area contributed by atoms with Gasteiger partial charge in [-0.3, -0.25) is 14.3 Å². The van der Waals surface area contributed by atoms with Crippen LogP contribution >= 0.6 is 11.3 Å². The van der Waals surface area contributed by atoms with Crippen LogP contribution in [0.15, 0.2) is 48.0 Å². The van der Waals surface area contributed by atoms with Crippen molar-refractivity contribution in [3.05, 3.63) is 59.5 Å². The second-order valence-electron chi connectivity index (χ2n) is 14.8. The van der Waals surface area contributed by atoms with E-state index in [1.165, 1.54) is 34.3 Å². The molecule has 7 rings (SSSR count). The Balaban J connectivity index is 1.22. The highest BCUT2D eigenvalue weighted by molar-refractivity contribution is 7.91. The molecule has 2 saturated carbocycles. The van der Waals surface area contributed by atoms with Crippen molar-refractivity contribution < 1.29 is 36.7 Å². The summed E-state index contributed by atoms with van der Waals surface area (Å²) in [7, 11) is -0.998. The predicted molar refractivity (Wildman–Crippen MR) is 197 cm³/mol.